The number of nitrogens with zero attached hydrogens (tertiary/aromatic N) is 1. The number of hydrogen-bond donors (Lipinski definition) is 2. The normalized spacial score (nSPS) is 11.3. The minimum absolute atomic E-state index is 0.0513. The Kier molecular flexibility index (Phi) is 3.98. The standard InChI is InChI=1S/C11H9BrClN3O2S/c12-7-3-9(6-15-5-7)19(17,18)16-8-1-2-10(13)11(14)4-8/h1-6,16H,14H2. The Balaban J connectivity index is 2.33. The molecule has 0 bridgehead atoms. The molecular weight excluding hydrogens is 354 g/mol. The van der Waals surface area contributed by atoms with E-state index < -0.39 is 10.0 Å². The Bertz CT molecular complexity index is 722. The molecule has 0 saturated carbocycles. The van der Waals surface area contributed by atoms with Crippen LogP contribution in [0.25, 0.3) is 0 Å². The van der Waals surface area contributed by atoms with Crippen molar-refractivity contribution in [1.29, 1.82) is 0 Å². The average molecular weight is 363 g/mol. The quantitative estimate of drug-likeness (QED) is 0.822. The van der Waals surface area contributed by atoms with Gasteiger partial charge in [0.05, 0.1) is 16.4 Å². The van der Waals surface area contributed by atoms with Crippen LogP contribution in [0.15, 0.2) is 46.0 Å². The third kappa shape index (κ3) is 3.37. The molecule has 1 heterocycles. The van der Waals surface area contributed by atoms with E-state index in [1.807, 2.05) is 0 Å². The fourth-order valence-electron chi connectivity index (χ4n) is 1.36. The summed E-state index contributed by atoms with van der Waals surface area (Å²) in [4.78, 5) is 3.86. The molecule has 0 fully saturated rings. The highest BCUT2D eigenvalue weighted by molar-refractivity contribution is 9.10. The Hall–Kier alpha value is -1.31. The molecule has 19 heavy (non-hydrogen) atoms. The second-order valence-corrected chi connectivity index (χ2v) is 6.69. The number of anilines is 2. The number of nitrogens with one attached hydrogen (secondary N) is 1. The van der Waals surface area contributed by atoms with E-state index in [0.717, 1.165) is 0 Å². The molecule has 0 spiro atoms. The molecule has 1 aromatic heterocycles. The second kappa shape index (κ2) is 5.36. The highest BCUT2D eigenvalue weighted by Gasteiger charge is 2.15. The number of pyridine rings is 1. The SMILES string of the molecule is Nc1cc(NS(=O)(=O)c2cncc(Br)c2)ccc1Cl. The lowest BCUT2D eigenvalue weighted by Gasteiger charge is -2.09. The van der Waals surface area contributed by atoms with Crippen molar-refractivity contribution in [2.45, 2.75) is 4.90 Å². The van der Waals surface area contributed by atoms with E-state index in [0.29, 0.717) is 20.9 Å². The fourth-order valence-corrected chi connectivity index (χ4v) is 3.03. The number of rotatable bonds is 3. The predicted octanol–water partition coefficient (Wildman–Crippen LogP) is 2.88. The van der Waals surface area contributed by atoms with Gasteiger partial charge in [-0.05, 0) is 40.2 Å². The van der Waals surface area contributed by atoms with Crippen LogP contribution in [0.2, 0.25) is 5.02 Å². The lowest BCUT2D eigenvalue weighted by atomic mass is 10.3. The molecule has 100 valence electrons. The van der Waals surface area contributed by atoms with Gasteiger partial charge in [-0.1, -0.05) is 11.6 Å². The van der Waals surface area contributed by atoms with E-state index in [9.17, 15) is 8.42 Å². The van der Waals surface area contributed by atoms with E-state index >= 15 is 0 Å². The zero-order valence-corrected chi connectivity index (χ0v) is 12.6. The van der Waals surface area contributed by atoms with Crippen LogP contribution >= 0.6 is 27.5 Å². The minimum atomic E-state index is -3.71. The van der Waals surface area contributed by atoms with Crippen molar-refractivity contribution in [2.24, 2.45) is 0 Å². The number of nitrogen functional groups attached to an aromatic ring is 1. The van der Waals surface area contributed by atoms with Crippen LogP contribution in [0.3, 0.4) is 0 Å². The van der Waals surface area contributed by atoms with E-state index in [2.05, 4.69) is 25.6 Å². The lowest BCUT2D eigenvalue weighted by molar-refractivity contribution is 0.600. The van der Waals surface area contributed by atoms with Crippen LogP contribution in [-0.2, 0) is 10.0 Å². The van der Waals surface area contributed by atoms with Gasteiger partial charge in [-0.15, -0.1) is 0 Å². The van der Waals surface area contributed by atoms with Gasteiger partial charge in [0.1, 0.15) is 4.90 Å². The average Bonchev–Trinajstić information content (AvgIpc) is 2.33. The maximum atomic E-state index is 12.1. The molecule has 0 radical (unpaired) electrons. The molecule has 0 atom stereocenters. The minimum Gasteiger partial charge on any atom is -0.397 e. The molecule has 3 N–H and O–H groups in total. The van der Waals surface area contributed by atoms with Gasteiger partial charge in [-0.2, -0.15) is 0 Å². The van der Waals surface area contributed by atoms with Crippen LogP contribution in [-0.4, -0.2) is 13.4 Å². The summed E-state index contributed by atoms with van der Waals surface area (Å²) in [6, 6.07) is 5.95. The van der Waals surface area contributed by atoms with Crippen LogP contribution in [0.5, 0.6) is 0 Å². The molecule has 0 saturated heterocycles. The summed E-state index contributed by atoms with van der Waals surface area (Å²) in [5.74, 6) is 0. The summed E-state index contributed by atoms with van der Waals surface area (Å²) < 4.78 is 27.2. The topological polar surface area (TPSA) is 85.1 Å². The van der Waals surface area contributed by atoms with Crippen LogP contribution < -0.4 is 10.5 Å². The van der Waals surface area contributed by atoms with E-state index in [4.69, 9.17) is 17.3 Å². The number of benzene rings is 1. The summed E-state index contributed by atoms with van der Waals surface area (Å²) in [6.07, 6.45) is 2.76. The Morgan fingerprint density at radius 3 is 2.63 bits per heavy atom. The molecule has 8 heteroatoms. The van der Waals surface area contributed by atoms with Crippen LogP contribution in [0.1, 0.15) is 0 Å². The van der Waals surface area contributed by atoms with Gasteiger partial charge in [0.2, 0.25) is 0 Å². The number of nitrogens with two attached hydrogens (primary N) is 1. The molecule has 0 aliphatic rings. The number of halogens is 2. The summed E-state index contributed by atoms with van der Waals surface area (Å²) in [7, 11) is -3.71. The van der Waals surface area contributed by atoms with Gasteiger partial charge >= 0.3 is 0 Å². The maximum Gasteiger partial charge on any atom is 0.263 e. The fraction of sp³-hybridized carbons (Fsp3) is 0. The largest absolute Gasteiger partial charge is 0.397 e. The van der Waals surface area contributed by atoms with Gasteiger partial charge in [-0.3, -0.25) is 9.71 Å². The first kappa shape index (κ1) is 14.1. The highest BCUT2D eigenvalue weighted by Crippen LogP contribution is 2.24. The van der Waals surface area contributed by atoms with Gasteiger partial charge in [0, 0.05) is 16.9 Å². The first-order valence-corrected chi connectivity index (χ1v) is 7.72. The zero-order valence-electron chi connectivity index (χ0n) is 9.47. The maximum absolute atomic E-state index is 12.1. The molecule has 0 aliphatic heterocycles. The van der Waals surface area contributed by atoms with Gasteiger partial charge in [0.15, 0.2) is 0 Å². The summed E-state index contributed by atoms with van der Waals surface area (Å²) in [5, 5.41) is 0.368. The first-order chi connectivity index (χ1) is 8.88. The zero-order chi connectivity index (χ0) is 14.0. The number of sulfonamides is 1. The molecule has 0 amide bonds. The molecule has 0 aliphatic carbocycles. The third-order valence-corrected chi connectivity index (χ3v) is 4.36. The summed E-state index contributed by atoms with van der Waals surface area (Å²) in [5.41, 5.74) is 6.25. The van der Waals surface area contributed by atoms with Crippen molar-refractivity contribution in [2.75, 3.05) is 10.5 Å². The Labute approximate surface area is 124 Å². The lowest BCUT2D eigenvalue weighted by Crippen LogP contribution is -2.13. The smallest absolute Gasteiger partial charge is 0.263 e. The number of hydrogen-bond acceptors (Lipinski definition) is 4. The van der Waals surface area contributed by atoms with Gasteiger partial charge < -0.3 is 5.73 Å². The predicted molar refractivity (Wildman–Crippen MR) is 78.6 cm³/mol. The first-order valence-electron chi connectivity index (χ1n) is 5.07. The van der Waals surface area contributed by atoms with Gasteiger partial charge in [-0.25, -0.2) is 8.42 Å². The third-order valence-electron chi connectivity index (χ3n) is 2.24. The van der Waals surface area contributed by atoms with Crippen molar-refractivity contribution in [3.63, 3.8) is 0 Å². The molecule has 1 aromatic carbocycles. The molecule has 2 rings (SSSR count). The molecule has 0 unspecified atom stereocenters. The van der Waals surface area contributed by atoms with Crippen molar-refractivity contribution >= 4 is 48.9 Å². The van der Waals surface area contributed by atoms with Crippen molar-refractivity contribution < 1.29 is 8.42 Å². The molecule has 2 aromatic rings. The molecule has 5 nitrogen and oxygen atoms in total. The summed E-state index contributed by atoms with van der Waals surface area (Å²) in [6.45, 7) is 0. The van der Waals surface area contributed by atoms with E-state index in [1.54, 1.807) is 0 Å². The van der Waals surface area contributed by atoms with E-state index in [1.165, 1.54) is 36.7 Å². The van der Waals surface area contributed by atoms with Crippen LogP contribution in [0, 0.1) is 0 Å². The van der Waals surface area contributed by atoms with E-state index in [-0.39, 0.29) is 4.90 Å². The van der Waals surface area contributed by atoms with Crippen LogP contribution in [0.4, 0.5) is 11.4 Å². The van der Waals surface area contributed by atoms with Crippen molar-refractivity contribution in [3.8, 4) is 0 Å². The number of aromatic nitrogens is 1. The summed E-state index contributed by atoms with van der Waals surface area (Å²) >= 11 is 8.94. The molecular formula is C11H9BrClN3O2S. The highest BCUT2D eigenvalue weighted by atomic mass is 79.9. The second-order valence-electron chi connectivity index (χ2n) is 3.68. The van der Waals surface area contributed by atoms with Gasteiger partial charge in [0.25, 0.3) is 10.0 Å². The Morgan fingerprint density at radius 1 is 1.26 bits per heavy atom. The van der Waals surface area contributed by atoms with Crippen molar-refractivity contribution in [1.82, 2.24) is 4.98 Å². The van der Waals surface area contributed by atoms with Crippen molar-refractivity contribution in [3.05, 3.63) is 46.2 Å². The monoisotopic (exact) mass is 361 g/mol. The Morgan fingerprint density at radius 2 is 2.00 bits per heavy atom.